The molecule has 0 saturated carbocycles. The lowest BCUT2D eigenvalue weighted by molar-refractivity contribution is 0.313. The monoisotopic (exact) mass is 468 g/mol. The third kappa shape index (κ3) is 4.41. The molecule has 0 spiro atoms. The van der Waals surface area contributed by atoms with E-state index in [1.165, 1.54) is 5.30 Å². The normalized spacial score (nSPS) is 17.1. The van der Waals surface area contributed by atoms with E-state index in [1.54, 1.807) is 0 Å². The first-order valence-electron chi connectivity index (χ1n) is 11.6. The Morgan fingerprint density at radius 2 is 1.21 bits per heavy atom. The first kappa shape index (κ1) is 22.5. The Morgan fingerprint density at radius 3 is 1.74 bits per heavy atom. The first-order valence-corrected chi connectivity index (χ1v) is 13.0. The maximum absolute atomic E-state index is 6.44. The molecule has 0 amide bonds. The van der Waals surface area contributed by atoms with Crippen molar-refractivity contribution in [3.05, 3.63) is 97.1 Å². The van der Waals surface area contributed by atoms with Crippen LogP contribution in [0.3, 0.4) is 0 Å². The fourth-order valence-electron chi connectivity index (χ4n) is 4.54. The summed E-state index contributed by atoms with van der Waals surface area (Å²) in [5.74, 6) is 4.21. The molecule has 1 aliphatic heterocycles. The van der Waals surface area contributed by atoms with Crippen LogP contribution < -0.4 is 19.5 Å². The summed E-state index contributed by atoms with van der Waals surface area (Å²) >= 11 is 0. The number of para-hydroxylation sites is 2. The van der Waals surface area contributed by atoms with Crippen molar-refractivity contribution < 1.29 is 14.2 Å². The molecule has 2 atom stereocenters. The van der Waals surface area contributed by atoms with Gasteiger partial charge in [-0.25, -0.2) is 0 Å². The van der Waals surface area contributed by atoms with Crippen LogP contribution in [0.15, 0.2) is 97.1 Å². The molecule has 1 aliphatic rings. The molecule has 172 valence electrons. The molecule has 0 unspecified atom stereocenters. The minimum Gasteiger partial charge on any atom is -0.485 e. The molecule has 5 rings (SSSR count). The first-order chi connectivity index (χ1) is 16.4. The van der Waals surface area contributed by atoms with Gasteiger partial charge in [0.2, 0.25) is 0 Å². The molecule has 0 N–H and O–H groups in total. The van der Waals surface area contributed by atoms with E-state index in [4.69, 9.17) is 14.2 Å². The van der Waals surface area contributed by atoms with Gasteiger partial charge in [-0.1, -0.05) is 75.4 Å². The number of rotatable bonds is 5. The third-order valence-electron chi connectivity index (χ3n) is 5.82. The van der Waals surface area contributed by atoms with Gasteiger partial charge in [0.25, 0.3) is 0 Å². The minimum atomic E-state index is -0.584. The van der Waals surface area contributed by atoms with Gasteiger partial charge in [-0.05, 0) is 62.5 Å². The van der Waals surface area contributed by atoms with Crippen molar-refractivity contribution in [2.24, 2.45) is 0 Å². The summed E-state index contributed by atoms with van der Waals surface area (Å²) in [6.07, 6.45) is 0. The molecule has 0 fully saturated rings. The van der Waals surface area contributed by atoms with Gasteiger partial charge in [-0.3, -0.25) is 0 Å². The summed E-state index contributed by atoms with van der Waals surface area (Å²) in [5, 5.41) is 1.37. The van der Waals surface area contributed by atoms with Crippen LogP contribution >= 0.6 is 7.92 Å². The highest BCUT2D eigenvalue weighted by atomic mass is 31.1. The third-order valence-corrected chi connectivity index (χ3v) is 9.04. The van der Waals surface area contributed by atoms with Crippen LogP contribution in [0.4, 0.5) is 0 Å². The molecule has 4 aromatic carbocycles. The number of hydrogen-bond acceptors (Lipinski definition) is 3. The lowest BCUT2D eigenvalue weighted by Gasteiger charge is -2.31. The second-order valence-electron chi connectivity index (χ2n) is 9.37. The lowest BCUT2D eigenvalue weighted by atomic mass is 10.0. The maximum atomic E-state index is 6.44. The van der Waals surface area contributed by atoms with E-state index in [-0.39, 0.29) is 11.0 Å². The Bertz CT molecular complexity index is 1220. The van der Waals surface area contributed by atoms with Crippen molar-refractivity contribution in [2.45, 2.75) is 38.7 Å². The van der Waals surface area contributed by atoms with Crippen LogP contribution in [0.5, 0.6) is 28.7 Å². The van der Waals surface area contributed by atoms with Gasteiger partial charge < -0.3 is 14.2 Å². The molecule has 1 heterocycles. The van der Waals surface area contributed by atoms with Crippen LogP contribution in [0, 0.1) is 0 Å². The molecule has 0 aliphatic carbocycles. The Hall–Kier alpha value is -3.29. The molecule has 4 aromatic rings. The zero-order valence-corrected chi connectivity index (χ0v) is 20.9. The van der Waals surface area contributed by atoms with Gasteiger partial charge in [0.05, 0.1) is 5.56 Å². The van der Waals surface area contributed by atoms with Crippen molar-refractivity contribution >= 4 is 13.2 Å². The van der Waals surface area contributed by atoms with Gasteiger partial charge in [0, 0.05) is 10.9 Å². The van der Waals surface area contributed by atoms with Crippen molar-refractivity contribution in [3.63, 3.8) is 0 Å². The van der Waals surface area contributed by atoms with Crippen LogP contribution in [0.25, 0.3) is 11.1 Å². The number of benzene rings is 4. The topological polar surface area (TPSA) is 27.7 Å². The van der Waals surface area contributed by atoms with Crippen molar-refractivity contribution in [2.75, 3.05) is 0 Å². The minimum absolute atomic E-state index is 0.0891. The summed E-state index contributed by atoms with van der Waals surface area (Å²) in [6, 6.07) is 32.1. The molecule has 0 saturated heterocycles. The maximum Gasteiger partial charge on any atom is 0.139 e. The summed E-state index contributed by atoms with van der Waals surface area (Å²) in [7, 11) is -0.584. The van der Waals surface area contributed by atoms with Crippen molar-refractivity contribution in [3.8, 4) is 39.9 Å². The average molecular weight is 469 g/mol. The molecule has 0 bridgehead atoms. The van der Waals surface area contributed by atoms with E-state index in [0.717, 1.165) is 39.9 Å². The standard InChI is InChI=1S/C30H29O3P/c1-21-31-27-20-11-17-24(29(27)34(21)30(2,3)4)28-25(32-22-13-7-5-8-14-22)18-12-19-26(28)33-23-15-9-6-10-16-23/h5-21H,1-4H3/t21-,34+/m0/s1. The SMILES string of the molecule is C[C@H]1Oc2cccc(-c3c(Oc4ccccc4)cccc3Oc3ccccc3)c2[P@]1C(C)(C)C. The molecule has 34 heavy (non-hydrogen) atoms. The van der Waals surface area contributed by atoms with Gasteiger partial charge in [-0.2, -0.15) is 0 Å². The molecule has 0 radical (unpaired) electrons. The van der Waals surface area contributed by atoms with Crippen molar-refractivity contribution in [1.82, 2.24) is 0 Å². The average Bonchev–Trinajstić information content (AvgIpc) is 3.17. The molecular formula is C30H29O3P. The second-order valence-corrected chi connectivity index (χ2v) is 12.6. The Balaban J connectivity index is 1.71. The predicted molar refractivity (Wildman–Crippen MR) is 141 cm³/mol. The van der Waals surface area contributed by atoms with Gasteiger partial charge >= 0.3 is 0 Å². The predicted octanol–water partition coefficient (Wildman–Crippen LogP) is 8.58. The van der Waals surface area contributed by atoms with E-state index in [0.29, 0.717) is 0 Å². The number of fused-ring (bicyclic) bond motifs is 1. The van der Waals surface area contributed by atoms with Crippen LogP contribution in [-0.4, -0.2) is 11.0 Å². The fraction of sp³-hybridized carbons (Fsp3) is 0.200. The van der Waals surface area contributed by atoms with Crippen LogP contribution in [0.1, 0.15) is 27.7 Å². The van der Waals surface area contributed by atoms with Crippen LogP contribution in [0.2, 0.25) is 0 Å². The van der Waals surface area contributed by atoms with E-state index >= 15 is 0 Å². The Labute approximate surface area is 203 Å². The largest absolute Gasteiger partial charge is 0.485 e. The Morgan fingerprint density at radius 1 is 0.676 bits per heavy atom. The van der Waals surface area contributed by atoms with E-state index in [9.17, 15) is 0 Å². The van der Waals surface area contributed by atoms with Gasteiger partial charge in [0.15, 0.2) is 0 Å². The highest BCUT2D eigenvalue weighted by molar-refractivity contribution is 7.68. The fourth-order valence-corrected chi connectivity index (χ4v) is 7.70. The zero-order valence-electron chi connectivity index (χ0n) is 20.0. The van der Waals surface area contributed by atoms with E-state index < -0.39 is 7.92 Å². The molecule has 3 nitrogen and oxygen atoms in total. The molecule has 0 aromatic heterocycles. The lowest BCUT2D eigenvalue weighted by Crippen LogP contribution is -2.23. The summed E-state index contributed by atoms with van der Waals surface area (Å²) < 4.78 is 19.2. The van der Waals surface area contributed by atoms with Gasteiger partial charge in [0.1, 0.15) is 34.6 Å². The van der Waals surface area contributed by atoms with E-state index in [1.807, 2.05) is 78.9 Å². The number of ether oxygens (including phenoxy) is 3. The second kappa shape index (κ2) is 9.16. The number of hydrogen-bond donors (Lipinski definition) is 0. The van der Waals surface area contributed by atoms with E-state index in [2.05, 4.69) is 45.9 Å². The Kier molecular flexibility index (Phi) is 6.06. The molecular weight excluding hydrogens is 439 g/mol. The zero-order chi connectivity index (χ0) is 23.7. The van der Waals surface area contributed by atoms with Gasteiger partial charge in [-0.15, -0.1) is 0 Å². The smallest absolute Gasteiger partial charge is 0.139 e. The highest BCUT2D eigenvalue weighted by Gasteiger charge is 2.41. The summed E-state index contributed by atoms with van der Waals surface area (Å²) in [5.41, 5.74) is 2.06. The van der Waals surface area contributed by atoms with Crippen molar-refractivity contribution in [1.29, 1.82) is 0 Å². The summed E-state index contributed by atoms with van der Waals surface area (Å²) in [6.45, 7) is 9.10. The highest BCUT2D eigenvalue weighted by Crippen LogP contribution is 2.60. The molecule has 4 heteroatoms. The quantitative estimate of drug-likeness (QED) is 0.275. The summed E-state index contributed by atoms with van der Waals surface area (Å²) in [4.78, 5) is 0. The van der Waals surface area contributed by atoms with Crippen LogP contribution in [-0.2, 0) is 0 Å².